The second-order valence-corrected chi connectivity index (χ2v) is 4.41. The van der Waals surface area contributed by atoms with Gasteiger partial charge < -0.3 is 10.1 Å². The molecule has 0 radical (unpaired) electrons. The van der Waals surface area contributed by atoms with Crippen LogP contribution in [0.1, 0.15) is 10.4 Å². The Labute approximate surface area is 121 Å². The zero-order valence-corrected chi connectivity index (χ0v) is 11.7. The number of nitro benzene ring substituents is 1. The summed E-state index contributed by atoms with van der Waals surface area (Å²) in [7, 11) is 0. The maximum atomic E-state index is 11.8. The van der Waals surface area contributed by atoms with Gasteiger partial charge in [-0.25, -0.2) is 8.78 Å². The van der Waals surface area contributed by atoms with Gasteiger partial charge in [0.05, 0.1) is 17.1 Å². The van der Waals surface area contributed by atoms with Crippen molar-refractivity contribution in [2.75, 3.05) is 19.8 Å². The van der Waals surface area contributed by atoms with E-state index in [1.54, 1.807) is 0 Å². The zero-order valence-electron chi connectivity index (χ0n) is 10.1. The van der Waals surface area contributed by atoms with Crippen molar-refractivity contribution >= 4 is 27.5 Å². The van der Waals surface area contributed by atoms with Gasteiger partial charge in [0.25, 0.3) is 18.0 Å². The van der Waals surface area contributed by atoms with Crippen molar-refractivity contribution in [3.63, 3.8) is 0 Å². The van der Waals surface area contributed by atoms with Crippen LogP contribution in [0.25, 0.3) is 0 Å². The largest absolute Gasteiger partial charge is 0.374 e. The van der Waals surface area contributed by atoms with Crippen LogP contribution in [0.5, 0.6) is 0 Å². The van der Waals surface area contributed by atoms with E-state index in [1.165, 1.54) is 18.2 Å². The van der Waals surface area contributed by atoms with Crippen LogP contribution in [0.4, 0.5) is 14.5 Å². The Hall–Kier alpha value is -1.61. The molecule has 1 aromatic rings. The van der Waals surface area contributed by atoms with E-state index in [9.17, 15) is 23.7 Å². The molecule has 0 saturated carbocycles. The zero-order chi connectivity index (χ0) is 15.1. The molecule has 1 N–H and O–H groups in total. The highest BCUT2D eigenvalue weighted by atomic mass is 79.9. The first-order valence-electron chi connectivity index (χ1n) is 5.50. The van der Waals surface area contributed by atoms with Crippen molar-refractivity contribution in [1.29, 1.82) is 0 Å². The standard InChI is InChI=1S/C11H11BrF2N2O4/c12-10-7(2-1-3-8(10)16(18)19)11(17)15-4-5-20-6-9(13)14/h1-3,9H,4-6H2,(H,15,17). The molecule has 0 spiro atoms. The minimum absolute atomic E-state index is 0.0285. The summed E-state index contributed by atoms with van der Waals surface area (Å²) in [5.41, 5.74) is -0.139. The van der Waals surface area contributed by atoms with E-state index in [0.29, 0.717) is 0 Å². The van der Waals surface area contributed by atoms with Crippen LogP contribution in [0.3, 0.4) is 0 Å². The van der Waals surface area contributed by atoms with Gasteiger partial charge in [-0.2, -0.15) is 0 Å². The summed E-state index contributed by atoms with van der Waals surface area (Å²) in [5, 5.41) is 13.1. The molecular weight excluding hydrogens is 342 g/mol. The average Bonchev–Trinajstić information content (AvgIpc) is 2.37. The Balaban J connectivity index is 2.56. The van der Waals surface area contributed by atoms with Crippen molar-refractivity contribution in [1.82, 2.24) is 5.32 Å². The highest BCUT2D eigenvalue weighted by molar-refractivity contribution is 9.10. The van der Waals surface area contributed by atoms with Gasteiger partial charge in [0, 0.05) is 12.6 Å². The van der Waals surface area contributed by atoms with Crippen LogP contribution in [0, 0.1) is 10.1 Å². The molecule has 1 aromatic carbocycles. The van der Waals surface area contributed by atoms with Gasteiger partial charge in [0.15, 0.2) is 0 Å². The summed E-state index contributed by atoms with van der Waals surface area (Å²) in [6.45, 7) is -0.736. The first kappa shape index (κ1) is 16.4. The molecule has 9 heteroatoms. The number of nitro groups is 1. The van der Waals surface area contributed by atoms with E-state index in [2.05, 4.69) is 26.0 Å². The van der Waals surface area contributed by atoms with Crippen molar-refractivity contribution in [2.24, 2.45) is 0 Å². The molecule has 1 amide bonds. The van der Waals surface area contributed by atoms with Gasteiger partial charge >= 0.3 is 0 Å². The molecule has 0 heterocycles. The van der Waals surface area contributed by atoms with Gasteiger partial charge in [0.2, 0.25) is 0 Å². The fourth-order valence-electron chi connectivity index (χ4n) is 1.34. The van der Waals surface area contributed by atoms with Crippen LogP contribution in [0.2, 0.25) is 0 Å². The summed E-state index contributed by atoms with van der Waals surface area (Å²) < 4.78 is 28.2. The predicted molar refractivity (Wildman–Crippen MR) is 70.0 cm³/mol. The van der Waals surface area contributed by atoms with Crippen LogP contribution in [-0.4, -0.2) is 37.0 Å². The smallest absolute Gasteiger partial charge is 0.284 e. The molecule has 110 valence electrons. The topological polar surface area (TPSA) is 81.5 Å². The molecule has 0 fully saturated rings. The minimum atomic E-state index is -2.56. The number of benzene rings is 1. The molecule has 1 rings (SSSR count). The molecule has 0 saturated heterocycles. The molecule has 20 heavy (non-hydrogen) atoms. The van der Waals surface area contributed by atoms with Crippen molar-refractivity contribution in [3.8, 4) is 0 Å². The lowest BCUT2D eigenvalue weighted by Gasteiger charge is -2.07. The number of carbonyl (C=O) groups excluding carboxylic acids is 1. The third-order valence-electron chi connectivity index (χ3n) is 2.20. The molecule has 0 bridgehead atoms. The van der Waals surface area contributed by atoms with Crippen LogP contribution in [0.15, 0.2) is 22.7 Å². The third-order valence-corrected chi connectivity index (χ3v) is 3.03. The van der Waals surface area contributed by atoms with Crippen LogP contribution in [-0.2, 0) is 4.74 Å². The summed E-state index contributed by atoms with van der Waals surface area (Å²) >= 11 is 2.99. The number of carbonyl (C=O) groups is 1. The molecule has 0 aliphatic carbocycles. The fourth-order valence-corrected chi connectivity index (χ4v) is 1.93. The fraction of sp³-hybridized carbons (Fsp3) is 0.364. The van der Waals surface area contributed by atoms with Gasteiger partial charge in [-0.15, -0.1) is 0 Å². The lowest BCUT2D eigenvalue weighted by Crippen LogP contribution is -2.28. The number of nitrogens with zero attached hydrogens (tertiary/aromatic N) is 1. The highest BCUT2D eigenvalue weighted by Gasteiger charge is 2.19. The Bertz CT molecular complexity index is 499. The molecular formula is C11H11BrF2N2O4. The number of amides is 1. The normalized spacial score (nSPS) is 10.6. The highest BCUT2D eigenvalue weighted by Crippen LogP contribution is 2.28. The Kier molecular flexibility index (Phi) is 6.46. The van der Waals surface area contributed by atoms with Crippen LogP contribution < -0.4 is 5.32 Å². The summed E-state index contributed by atoms with van der Waals surface area (Å²) in [6, 6.07) is 4.05. The monoisotopic (exact) mass is 352 g/mol. The van der Waals surface area contributed by atoms with Crippen molar-refractivity contribution < 1.29 is 23.2 Å². The maximum absolute atomic E-state index is 11.8. The number of halogens is 3. The minimum Gasteiger partial charge on any atom is -0.374 e. The van der Waals surface area contributed by atoms with Gasteiger partial charge in [-0.05, 0) is 22.0 Å². The van der Waals surface area contributed by atoms with Crippen molar-refractivity contribution in [3.05, 3.63) is 38.3 Å². The number of ether oxygens (including phenoxy) is 1. The molecule has 6 nitrogen and oxygen atoms in total. The van der Waals surface area contributed by atoms with Gasteiger partial charge in [-0.3, -0.25) is 14.9 Å². The van der Waals surface area contributed by atoms with E-state index in [1.807, 2.05) is 0 Å². The Morgan fingerprint density at radius 2 is 2.20 bits per heavy atom. The van der Waals surface area contributed by atoms with E-state index in [0.717, 1.165) is 0 Å². The second kappa shape index (κ2) is 7.85. The number of rotatable bonds is 7. The molecule has 0 atom stereocenters. The molecule has 0 aliphatic rings. The third kappa shape index (κ3) is 4.82. The second-order valence-electron chi connectivity index (χ2n) is 3.62. The van der Waals surface area contributed by atoms with Gasteiger partial charge in [-0.1, -0.05) is 6.07 Å². The number of hydrogen-bond acceptors (Lipinski definition) is 4. The van der Waals surface area contributed by atoms with Crippen LogP contribution >= 0.6 is 15.9 Å². The number of alkyl halides is 2. The van der Waals surface area contributed by atoms with Gasteiger partial charge in [0.1, 0.15) is 11.1 Å². The Morgan fingerprint density at radius 3 is 2.80 bits per heavy atom. The van der Waals surface area contributed by atoms with E-state index >= 15 is 0 Å². The van der Waals surface area contributed by atoms with Crippen molar-refractivity contribution in [2.45, 2.75) is 6.43 Å². The maximum Gasteiger partial charge on any atom is 0.284 e. The first-order valence-corrected chi connectivity index (χ1v) is 6.29. The number of nitrogens with one attached hydrogen (secondary N) is 1. The number of hydrogen-bond donors (Lipinski definition) is 1. The molecule has 0 unspecified atom stereocenters. The summed E-state index contributed by atoms with van der Waals surface area (Å²) in [5.74, 6) is -0.554. The SMILES string of the molecule is O=C(NCCOCC(F)F)c1cccc([N+](=O)[O-])c1Br. The average molecular weight is 353 g/mol. The quantitative estimate of drug-likeness (QED) is 0.464. The lowest BCUT2D eigenvalue weighted by molar-refractivity contribution is -0.385. The Morgan fingerprint density at radius 1 is 1.50 bits per heavy atom. The summed E-state index contributed by atoms with van der Waals surface area (Å²) in [4.78, 5) is 21.9. The predicted octanol–water partition coefficient (Wildman–Crippen LogP) is 2.37. The van der Waals surface area contributed by atoms with E-state index < -0.39 is 23.9 Å². The first-order chi connectivity index (χ1) is 9.43. The molecule has 0 aliphatic heterocycles. The summed E-state index contributed by atoms with van der Waals surface area (Å²) in [6.07, 6.45) is -2.56. The van der Waals surface area contributed by atoms with E-state index in [-0.39, 0.29) is 28.9 Å². The molecule has 0 aromatic heterocycles. The lowest BCUT2D eigenvalue weighted by atomic mass is 10.2. The van der Waals surface area contributed by atoms with E-state index in [4.69, 9.17) is 0 Å².